The van der Waals surface area contributed by atoms with Gasteiger partial charge in [0.15, 0.2) is 11.0 Å². The van der Waals surface area contributed by atoms with Crippen LogP contribution in [0.4, 0.5) is 10.6 Å². The first-order valence-corrected chi connectivity index (χ1v) is 4.85. The third kappa shape index (κ3) is 3.11. The summed E-state index contributed by atoms with van der Waals surface area (Å²) in [4.78, 5) is 12.7. The van der Waals surface area contributed by atoms with E-state index in [0.717, 1.165) is 0 Å². The van der Waals surface area contributed by atoms with Gasteiger partial charge in [0.25, 0.3) is 0 Å². The van der Waals surface area contributed by atoms with Crippen LogP contribution in [-0.4, -0.2) is 29.9 Å². The van der Waals surface area contributed by atoms with Crippen LogP contribution in [0, 0.1) is 12.3 Å². The maximum atomic E-state index is 11.4. The highest BCUT2D eigenvalue weighted by Gasteiger charge is 2.16. The monoisotopic (exact) mass is 239 g/mol. The van der Waals surface area contributed by atoms with Gasteiger partial charge in [-0.3, -0.25) is 4.90 Å². The Kier molecular flexibility index (Phi) is 4.55. The molecule has 0 bridgehead atoms. The summed E-state index contributed by atoms with van der Waals surface area (Å²) in [6.45, 7) is 0.319. The third-order valence-corrected chi connectivity index (χ3v) is 1.97. The van der Waals surface area contributed by atoms with Crippen LogP contribution in [0.2, 0.25) is 5.15 Å². The summed E-state index contributed by atoms with van der Waals surface area (Å²) in [5.74, 6) is 2.79. The summed E-state index contributed by atoms with van der Waals surface area (Å²) in [6.07, 6.45) is 5.00. The van der Waals surface area contributed by atoms with Gasteiger partial charge in [-0.05, 0) is 12.1 Å². The van der Waals surface area contributed by atoms with E-state index in [1.807, 2.05) is 0 Å². The van der Waals surface area contributed by atoms with E-state index in [4.69, 9.17) is 18.0 Å². The Balaban J connectivity index is 2.88. The molecule has 0 unspecified atom stereocenters. The minimum absolute atomic E-state index is 0.255. The van der Waals surface area contributed by atoms with E-state index < -0.39 is 6.09 Å². The second-order valence-corrected chi connectivity index (χ2v) is 3.18. The standard InChI is InChI=1S/C10H10ClN3O2/c1-3-4-7-14(10(15)16-2)9-6-5-8(11)12-13-9/h1,5-6H,4,7H2,2H3. The van der Waals surface area contributed by atoms with Crippen LogP contribution in [0.25, 0.3) is 0 Å². The summed E-state index contributed by atoms with van der Waals surface area (Å²) in [5, 5.41) is 7.67. The number of nitrogens with zero attached hydrogens (tertiary/aromatic N) is 3. The molecule has 5 nitrogen and oxygen atoms in total. The number of carbonyl (C=O) groups is 1. The number of methoxy groups -OCH3 is 1. The lowest BCUT2D eigenvalue weighted by molar-refractivity contribution is 0.178. The molecule has 0 aromatic carbocycles. The number of terminal acetylenes is 1. The van der Waals surface area contributed by atoms with E-state index in [1.165, 1.54) is 18.1 Å². The van der Waals surface area contributed by atoms with Crippen molar-refractivity contribution < 1.29 is 9.53 Å². The predicted molar refractivity (Wildman–Crippen MR) is 60.2 cm³/mol. The van der Waals surface area contributed by atoms with Gasteiger partial charge < -0.3 is 4.74 Å². The van der Waals surface area contributed by atoms with E-state index in [0.29, 0.717) is 18.8 Å². The fraction of sp³-hybridized carbons (Fsp3) is 0.300. The van der Waals surface area contributed by atoms with Gasteiger partial charge in [-0.25, -0.2) is 4.79 Å². The molecular weight excluding hydrogens is 230 g/mol. The van der Waals surface area contributed by atoms with Crippen LogP contribution in [0.5, 0.6) is 0 Å². The van der Waals surface area contributed by atoms with Crippen molar-refractivity contribution in [2.24, 2.45) is 0 Å². The number of carbonyl (C=O) groups excluding carboxylic acids is 1. The van der Waals surface area contributed by atoms with Gasteiger partial charge in [-0.15, -0.1) is 22.5 Å². The quantitative estimate of drug-likeness (QED) is 0.754. The van der Waals surface area contributed by atoms with Crippen molar-refractivity contribution in [3.8, 4) is 12.3 Å². The van der Waals surface area contributed by atoms with E-state index in [-0.39, 0.29) is 5.15 Å². The van der Waals surface area contributed by atoms with Crippen LogP contribution in [-0.2, 0) is 4.74 Å². The van der Waals surface area contributed by atoms with Crippen LogP contribution in [0.15, 0.2) is 12.1 Å². The van der Waals surface area contributed by atoms with E-state index in [1.54, 1.807) is 6.07 Å². The molecule has 0 aliphatic rings. The van der Waals surface area contributed by atoms with Crippen molar-refractivity contribution in [1.82, 2.24) is 10.2 Å². The number of anilines is 1. The molecule has 6 heteroatoms. The Hall–Kier alpha value is -1.80. The molecule has 0 fully saturated rings. The zero-order valence-corrected chi connectivity index (χ0v) is 9.44. The van der Waals surface area contributed by atoms with Crippen molar-refractivity contribution >= 4 is 23.5 Å². The van der Waals surface area contributed by atoms with Crippen molar-refractivity contribution in [2.75, 3.05) is 18.6 Å². The third-order valence-electron chi connectivity index (χ3n) is 1.77. The van der Waals surface area contributed by atoms with Crippen molar-refractivity contribution in [3.63, 3.8) is 0 Å². The summed E-state index contributed by atoms with van der Waals surface area (Å²) >= 11 is 5.59. The molecule has 0 atom stereocenters. The Morgan fingerprint density at radius 2 is 2.38 bits per heavy atom. The average Bonchev–Trinajstić information content (AvgIpc) is 2.31. The second-order valence-electron chi connectivity index (χ2n) is 2.79. The molecule has 1 heterocycles. The lowest BCUT2D eigenvalue weighted by Crippen LogP contribution is -2.32. The molecular formula is C10H10ClN3O2. The molecule has 0 radical (unpaired) electrons. The van der Waals surface area contributed by atoms with Crippen LogP contribution >= 0.6 is 11.6 Å². The maximum absolute atomic E-state index is 11.4. The van der Waals surface area contributed by atoms with Crippen LogP contribution < -0.4 is 4.90 Å². The zero-order valence-electron chi connectivity index (χ0n) is 8.68. The average molecular weight is 240 g/mol. The molecule has 0 N–H and O–H groups in total. The minimum Gasteiger partial charge on any atom is -0.452 e. The Bertz CT molecular complexity index is 400. The summed E-state index contributed by atoms with van der Waals surface area (Å²) in [6, 6.07) is 3.11. The molecule has 16 heavy (non-hydrogen) atoms. The summed E-state index contributed by atoms with van der Waals surface area (Å²) in [5.41, 5.74) is 0. The first kappa shape index (κ1) is 12.3. The van der Waals surface area contributed by atoms with Gasteiger partial charge in [-0.1, -0.05) is 11.6 Å². The van der Waals surface area contributed by atoms with Crippen molar-refractivity contribution in [1.29, 1.82) is 0 Å². The number of aromatic nitrogens is 2. The van der Waals surface area contributed by atoms with Gasteiger partial charge in [0.05, 0.1) is 7.11 Å². The molecule has 1 aromatic rings. The smallest absolute Gasteiger partial charge is 0.415 e. The molecule has 1 rings (SSSR count). The van der Waals surface area contributed by atoms with Crippen LogP contribution in [0.3, 0.4) is 0 Å². The largest absolute Gasteiger partial charge is 0.452 e. The van der Waals surface area contributed by atoms with Gasteiger partial charge >= 0.3 is 6.09 Å². The van der Waals surface area contributed by atoms with E-state index in [9.17, 15) is 4.79 Å². The van der Waals surface area contributed by atoms with E-state index in [2.05, 4.69) is 20.9 Å². The molecule has 84 valence electrons. The Morgan fingerprint density at radius 1 is 1.62 bits per heavy atom. The van der Waals surface area contributed by atoms with Crippen molar-refractivity contribution in [2.45, 2.75) is 6.42 Å². The second kappa shape index (κ2) is 5.93. The van der Waals surface area contributed by atoms with Crippen molar-refractivity contribution in [3.05, 3.63) is 17.3 Å². The first-order chi connectivity index (χ1) is 7.69. The zero-order chi connectivity index (χ0) is 12.0. The summed E-state index contributed by atoms with van der Waals surface area (Å²) < 4.78 is 4.61. The van der Waals surface area contributed by atoms with Gasteiger partial charge in [0.2, 0.25) is 0 Å². The lowest BCUT2D eigenvalue weighted by Gasteiger charge is -2.18. The topological polar surface area (TPSA) is 55.3 Å². The Labute approximate surface area is 98.4 Å². The number of hydrogen-bond donors (Lipinski definition) is 0. The fourth-order valence-electron chi connectivity index (χ4n) is 1.04. The Morgan fingerprint density at radius 3 is 2.88 bits per heavy atom. The highest BCUT2D eigenvalue weighted by molar-refractivity contribution is 6.29. The van der Waals surface area contributed by atoms with Gasteiger partial charge in [-0.2, -0.15) is 0 Å². The number of ether oxygens (including phenoxy) is 1. The van der Waals surface area contributed by atoms with Gasteiger partial charge in [0.1, 0.15) is 0 Å². The van der Waals surface area contributed by atoms with Gasteiger partial charge in [0, 0.05) is 13.0 Å². The minimum atomic E-state index is -0.535. The molecule has 0 saturated carbocycles. The van der Waals surface area contributed by atoms with E-state index >= 15 is 0 Å². The number of amides is 1. The molecule has 0 spiro atoms. The summed E-state index contributed by atoms with van der Waals surface area (Å²) in [7, 11) is 1.29. The molecule has 0 saturated heterocycles. The SMILES string of the molecule is C#CCCN(C(=O)OC)c1ccc(Cl)nn1. The molecule has 0 aliphatic heterocycles. The molecule has 0 aliphatic carbocycles. The highest BCUT2D eigenvalue weighted by atomic mass is 35.5. The maximum Gasteiger partial charge on any atom is 0.415 e. The molecule has 1 aromatic heterocycles. The fourth-order valence-corrected chi connectivity index (χ4v) is 1.14. The van der Waals surface area contributed by atoms with Crippen LogP contribution in [0.1, 0.15) is 6.42 Å². The lowest BCUT2D eigenvalue weighted by atomic mass is 10.4. The predicted octanol–water partition coefficient (Wildman–Crippen LogP) is 1.73. The molecule has 1 amide bonds. The number of halogens is 1. The number of rotatable bonds is 3. The highest BCUT2D eigenvalue weighted by Crippen LogP contribution is 2.13. The first-order valence-electron chi connectivity index (χ1n) is 4.47. The normalized spacial score (nSPS) is 9.31. The number of hydrogen-bond acceptors (Lipinski definition) is 4.